The molecule has 0 amide bonds. The number of hydrogen-bond donors (Lipinski definition) is 14. The van der Waals surface area contributed by atoms with Crippen molar-refractivity contribution in [1.29, 1.82) is 0 Å². The van der Waals surface area contributed by atoms with Gasteiger partial charge in [-0.05, 0) is 75.1 Å². The molecule has 3 aliphatic rings. The second-order valence-electron chi connectivity index (χ2n) is 21.0. The predicted octanol–water partition coefficient (Wildman–Crippen LogP) is 1.69. The van der Waals surface area contributed by atoms with E-state index in [-0.39, 0.29) is 69.2 Å². The van der Waals surface area contributed by atoms with Gasteiger partial charge < -0.3 is 91.7 Å². The first-order valence-corrected chi connectivity index (χ1v) is 26.7. The zero-order valence-electron chi connectivity index (χ0n) is 44.4. The number of Topliss-reactive ketones (excluding diaryl/α,β-unsaturated/α-hetero) is 1. The first-order valence-electron chi connectivity index (χ1n) is 26.7. The van der Waals surface area contributed by atoms with Crippen molar-refractivity contribution in [3.63, 3.8) is 0 Å². The molecule has 0 aromatic heterocycles. The zero-order valence-corrected chi connectivity index (χ0v) is 44.4. The fraction of sp³-hybridized carbons (Fsp3) is 0.596. The molecule has 2 saturated heterocycles. The molecule has 78 heavy (non-hydrogen) atoms. The largest absolute Gasteiger partial charge is 0.481 e. The third-order valence-corrected chi connectivity index (χ3v) is 13.9. The van der Waals surface area contributed by atoms with E-state index >= 15 is 0 Å². The number of carbonyl (C=O) groups excluding carboxylic acids is 2. The molecular formula is C57H84N2O19. The summed E-state index contributed by atoms with van der Waals surface area (Å²) in [6, 6.07) is 5.26. The number of esters is 1. The Kier molecular flexibility index (Phi) is 27.9. The second-order valence-corrected chi connectivity index (χ2v) is 21.0. The first-order chi connectivity index (χ1) is 36.9. The molecule has 436 valence electrons. The number of nitrogen functional groups attached to an aromatic ring is 1. The second kappa shape index (κ2) is 33.1. The molecule has 3 aliphatic heterocycles. The molecule has 19 atom stereocenters. The summed E-state index contributed by atoms with van der Waals surface area (Å²) < 4.78 is 23.4. The molecule has 21 nitrogen and oxygen atoms in total. The number of ketones is 1. The molecule has 0 radical (unpaired) electrons. The fourth-order valence-electron chi connectivity index (χ4n) is 9.79. The minimum absolute atomic E-state index is 0.120. The van der Waals surface area contributed by atoms with Crippen LogP contribution in [0.3, 0.4) is 0 Å². The minimum Gasteiger partial charge on any atom is -0.481 e. The van der Waals surface area contributed by atoms with E-state index in [9.17, 15) is 75.7 Å². The maximum absolute atomic E-state index is 13.3. The number of benzene rings is 1. The number of ether oxygens (including phenoxy) is 4. The van der Waals surface area contributed by atoms with Crippen molar-refractivity contribution in [2.24, 2.45) is 23.5 Å². The smallest absolute Gasteiger partial charge is 0.311 e. The summed E-state index contributed by atoms with van der Waals surface area (Å²) in [6.45, 7) is 3.42. The summed E-state index contributed by atoms with van der Waals surface area (Å²) in [5.74, 6) is -7.06. The molecule has 1 aromatic rings. The highest BCUT2D eigenvalue weighted by Crippen LogP contribution is 2.38. The highest BCUT2D eigenvalue weighted by molar-refractivity contribution is 5.96. The Hall–Kier alpha value is -4.79. The van der Waals surface area contributed by atoms with Gasteiger partial charge in [-0.1, -0.05) is 98.9 Å². The number of carboxylic acids is 1. The van der Waals surface area contributed by atoms with Gasteiger partial charge in [-0.3, -0.25) is 14.4 Å². The Morgan fingerprint density at radius 1 is 0.705 bits per heavy atom. The van der Waals surface area contributed by atoms with Crippen LogP contribution in [-0.2, 0) is 28.5 Å². The Morgan fingerprint density at radius 2 is 1.22 bits per heavy atom. The van der Waals surface area contributed by atoms with E-state index in [2.05, 4.69) is 0 Å². The van der Waals surface area contributed by atoms with Crippen molar-refractivity contribution in [1.82, 2.24) is 0 Å². The highest BCUT2D eigenvalue weighted by Gasteiger charge is 2.50. The third-order valence-electron chi connectivity index (χ3n) is 13.9. The van der Waals surface area contributed by atoms with Crippen LogP contribution in [0.25, 0.3) is 0 Å². The summed E-state index contributed by atoms with van der Waals surface area (Å²) in [5.41, 5.74) is 12.6. The molecular weight excluding hydrogens is 1020 g/mol. The van der Waals surface area contributed by atoms with Crippen molar-refractivity contribution in [3.8, 4) is 0 Å². The van der Waals surface area contributed by atoms with Crippen molar-refractivity contribution in [2.45, 2.75) is 188 Å². The Balaban J connectivity index is 1.53. The number of nitrogens with two attached hydrogens (primary N) is 2. The topological polar surface area (TPSA) is 383 Å². The van der Waals surface area contributed by atoms with E-state index in [4.69, 9.17) is 30.4 Å². The number of carbonyl (C=O) groups is 3. The molecule has 4 rings (SSSR count). The summed E-state index contributed by atoms with van der Waals surface area (Å²) in [5, 5.41) is 129. The van der Waals surface area contributed by atoms with Gasteiger partial charge in [-0.15, -0.1) is 0 Å². The number of allylic oxidation sites excluding steroid dienone is 12. The minimum atomic E-state index is -2.33. The molecule has 16 N–H and O–H groups in total. The molecule has 3 heterocycles. The molecule has 2 bridgehead atoms. The number of cyclic esters (lactones) is 1. The Bertz CT molecular complexity index is 2200. The van der Waals surface area contributed by atoms with Crippen LogP contribution >= 0.6 is 0 Å². The Labute approximate surface area is 455 Å². The van der Waals surface area contributed by atoms with E-state index < -0.39 is 141 Å². The average Bonchev–Trinajstić information content (AvgIpc) is 3.41. The number of hydrogen-bond acceptors (Lipinski definition) is 20. The van der Waals surface area contributed by atoms with Crippen LogP contribution in [0.2, 0.25) is 0 Å². The number of rotatable bonds is 10. The predicted molar refractivity (Wildman–Crippen MR) is 286 cm³/mol. The monoisotopic (exact) mass is 1100 g/mol. The summed E-state index contributed by atoms with van der Waals surface area (Å²) in [6.07, 6.45) is 2.39. The molecule has 1 aromatic carbocycles. The van der Waals surface area contributed by atoms with E-state index in [0.29, 0.717) is 17.7 Å². The van der Waals surface area contributed by atoms with Crippen molar-refractivity contribution >= 4 is 23.4 Å². The SMILES string of the molecule is CC1/C=C/C=C/C=C/C=C/C=C/C=C/C=C/C(O[C@@H]2OC[C@@H](O)[C@H](N)[C@@H]2O)CC2OC(O)(CC(O)CC(O)CC(O)CC(O)CC(O)CC(O)CC(=O)OC1C(C)CCC(O)CC(=O)c1ccc(N)cc1)CC(O)C2C(=O)O. The first kappa shape index (κ1) is 65.7. The van der Waals surface area contributed by atoms with Crippen LogP contribution in [0, 0.1) is 17.8 Å². The molecule has 2 fully saturated rings. The molecule has 21 heteroatoms. The summed E-state index contributed by atoms with van der Waals surface area (Å²) in [7, 11) is 0. The van der Waals surface area contributed by atoms with Gasteiger partial charge in [0.25, 0.3) is 0 Å². The van der Waals surface area contributed by atoms with Crippen LogP contribution in [-0.4, -0.2) is 183 Å². The van der Waals surface area contributed by atoms with Crippen molar-refractivity contribution in [3.05, 3.63) is 115 Å². The van der Waals surface area contributed by atoms with Gasteiger partial charge in [0.2, 0.25) is 0 Å². The standard InChI is InChI=1S/C57H84N2O19/c1-34-15-13-11-9-7-5-3-4-6-8-10-12-14-16-45(76-56-53(71)52(59)48(69)33-75-56)30-49-51(55(72)73)47(68)32-57(74,78-49)31-44(66)27-42(64)25-40(62)23-39(61)24-41(63)26-43(65)29-50(70)77-54(34)35(2)17-22-38(60)28-46(67)36-18-20-37(58)21-19-36/h3-16,18-21,34-35,38-45,47-49,51-54,56,60-66,68-69,71,74H,17,22-33,58-59H2,1-2H3,(H,72,73)/b4-3+,7-5+,8-6+,11-9+,12-10+,15-13+,16-14+/t34?,35?,38?,39?,40?,41?,42?,43?,44?,45?,47?,48-,49?,51?,52+,53+,54?,56+,57?/m1/s1. The van der Waals surface area contributed by atoms with Gasteiger partial charge >= 0.3 is 11.9 Å². The van der Waals surface area contributed by atoms with E-state index in [1.165, 1.54) is 6.08 Å². The normalized spacial score (nSPS) is 38.7. The fourth-order valence-corrected chi connectivity index (χ4v) is 9.79. The highest BCUT2D eigenvalue weighted by atomic mass is 16.7. The Morgan fingerprint density at radius 3 is 1.77 bits per heavy atom. The third kappa shape index (κ3) is 23.1. The molecule has 0 saturated carbocycles. The van der Waals surface area contributed by atoms with Gasteiger partial charge in [0.1, 0.15) is 18.1 Å². The van der Waals surface area contributed by atoms with E-state index in [1.54, 1.807) is 97.2 Å². The average molecular weight is 1100 g/mol. The number of aliphatic hydroxyl groups is 11. The van der Waals surface area contributed by atoms with Crippen LogP contribution in [0.4, 0.5) is 5.69 Å². The molecule has 0 spiro atoms. The number of fused-ring (bicyclic) bond motifs is 2. The maximum Gasteiger partial charge on any atom is 0.311 e. The number of aliphatic carboxylic acids is 1. The van der Waals surface area contributed by atoms with Crippen LogP contribution < -0.4 is 11.5 Å². The van der Waals surface area contributed by atoms with Gasteiger partial charge in [0.05, 0.1) is 86.2 Å². The lowest BCUT2D eigenvalue weighted by Crippen LogP contribution is -2.59. The van der Waals surface area contributed by atoms with Gasteiger partial charge in [0, 0.05) is 42.9 Å². The summed E-state index contributed by atoms with van der Waals surface area (Å²) >= 11 is 0. The number of carboxylic acid groups (broad SMARTS) is 1. The van der Waals surface area contributed by atoms with Gasteiger partial charge in [-0.2, -0.15) is 0 Å². The van der Waals surface area contributed by atoms with Crippen LogP contribution in [0.1, 0.15) is 101 Å². The zero-order chi connectivity index (χ0) is 57.5. The quantitative estimate of drug-likeness (QED) is 0.0900. The van der Waals surface area contributed by atoms with Crippen LogP contribution in [0.5, 0.6) is 0 Å². The maximum atomic E-state index is 13.3. The molecule has 0 aliphatic carbocycles. The number of anilines is 1. The van der Waals surface area contributed by atoms with Gasteiger partial charge in [-0.25, -0.2) is 0 Å². The van der Waals surface area contributed by atoms with Crippen molar-refractivity contribution in [2.75, 3.05) is 12.3 Å². The van der Waals surface area contributed by atoms with E-state index in [1.807, 2.05) is 19.9 Å². The van der Waals surface area contributed by atoms with Crippen LogP contribution in [0.15, 0.2) is 109 Å². The molecule has 15 unspecified atom stereocenters. The van der Waals surface area contributed by atoms with E-state index in [0.717, 1.165) is 0 Å². The lowest BCUT2D eigenvalue weighted by molar-refractivity contribution is -0.305. The summed E-state index contributed by atoms with van der Waals surface area (Å²) in [4.78, 5) is 38.6. The van der Waals surface area contributed by atoms with Crippen molar-refractivity contribution < 1.29 is 94.6 Å². The lowest BCUT2D eigenvalue weighted by atomic mass is 9.82. The lowest BCUT2D eigenvalue weighted by Gasteiger charge is -2.45. The van der Waals surface area contributed by atoms with Gasteiger partial charge in [0.15, 0.2) is 17.9 Å². The number of aliphatic hydroxyl groups excluding tert-OH is 10.